The van der Waals surface area contributed by atoms with Crippen molar-refractivity contribution >= 4 is 5.82 Å². The van der Waals surface area contributed by atoms with Crippen LogP contribution in [0.1, 0.15) is 25.1 Å². The predicted molar refractivity (Wildman–Crippen MR) is 79.6 cm³/mol. The van der Waals surface area contributed by atoms with Crippen molar-refractivity contribution < 1.29 is 4.74 Å². The van der Waals surface area contributed by atoms with E-state index in [1.165, 1.54) is 5.56 Å². The minimum Gasteiger partial charge on any atom is -0.493 e. The molecule has 2 N–H and O–H groups in total. The lowest BCUT2D eigenvalue weighted by Crippen LogP contribution is -2.03. The van der Waals surface area contributed by atoms with E-state index in [2.05, 4.69) is 29.9 Å². The molecule has 4 heteroatoms. The number of hydrogen-bond acceptors (Lipinski definition) is 4. The van der Waals surface area contributed by atoms with Crippen molar-refractivity contribution in [3.63, 3.8) is 0 Å². The lowest BCUT2D eigenvalue weighted by Gasteiger charge is -2.08. The molecule has 1 aliphatic heterocycles. The van der Waals surface area contributed by atoms with Gasteiger partial charge in [-0.3, -0.25) is 0 Å². The van der Waals surface area contributed by atoms with Crippen LogP contribution in [0.4, 0.5) is 5.82 Å². The number of nitrogens with two attached hydrogens (primary N) is 1. The van der Waals surface area contributed by atoms with Gasteiger partial charge in [-0.05, 0) is 36.1 Å². The second kappa shape index (κ2) is 5.12. The fourth-order valence-corrected chi connectivity index (χ4v) is 2.50. The number of aromatic nitrogens is 2. The number of nitrogens with zero attached hydrogens (tertiary/aromatic N) is 2. The zero-order chi connectivity index (χ0) is 14.1. The van der Waals surface area contributed by atoms with Crippen LogP contribution in [0.15, 0.2) is 24.3 Å². The van der Waals surface area contributed by atoms with Gasteiger partial charge in [0.05, 0.1) is 6.61 Å². The number of rotatable bonds is 3. The Morgan fingerprint density at radius 3 is 2.90 bits per heavy atom. The third-order valence-electron chi connectivity index (χ3n) is 3.36. The molecule has 1 aromatic carbocycles. The lowest BCUT2D eigenvalue weighted by atomic mass is 10.1. The van der Waals surface area contributed by atoms with E-state index in [-0.39, 0.29) is 0 Å². The first-order valence-electron chi connectivity index (χ1n) is 7.01. The van der Waals surface area contributed by atoms with E-state index in [0.29, 0.717) is 17.6 Å². The zero-order valence-corrected chi connectivity index (χ0v) is 11.9. The van der Waals surface area contributed by atoms with Crippen molar-refractivity contribution in [1.29, 1.82) is 0 Å². The van der Waals surface area contributed by atoms with E-state index >= 15 is 0 Å². The first-order chi connectivity index (χ1) is 9.61. The van der Waals surface area contributed by atoms with Crippen LogP contribution in [0.3, 0.4) is 0 Å². The Morgan fingerprint density at radius 2 is 2.10 bits per heavy atom. The molecular weight excluding hydrogens is 250 g/mol. The number of anilines is 1. The van der Waals surface area contributed by atoms with Crippen LogP contribution >= 0.6 is 0 Å². The maximum atomic E-state index is 5.91. The van der Waals surface area contributed by atoms with E-state index in [4.69, 9.17) is 10.5 Å². The number of fused-ring (bicyclic) bond motifs is 1. The second-order valence-electron chi connectivity index (χ2n) is 5.63. The fraction of sp³-hybridized carbons (Fsp3) is 0.375. The fourth-order valence-electron chi connectivity index (χ4n) is 2.50. The molecule has 2 aromatic rings. The molecule has 0 aliphatic carbocycles. The number of benzene rings is 1. The van der Waals surface area contributed by atoms with Crippen LogP contribution in [0.25, 0.3) is 11.4 Å². The highest BCUT2D eigenvalue weighted by Gasteiger charge is 2.14. The number of nitrogen functional groups attached to an aromatic ring is 1. The maximum Gasteiger partial charge on any atom is 0.161 e. The molecule has 0 bridgehead atoms. The van der Waals surface area contributed by atoms with Crippen LogP contribution in [0.2, 0.25) is 0 Å². The van der Waals surface area contributed by atoms with Gasteiger partial charge in [-0.15, -0.1) is 0 Å². The maximum absolute atomic E-state index is 5.91. The average molecular weight is 269 g/mol. The molecule has 0 saturated heterocycles. The quantitative estimate of drug-likeness (QED) is 0.930. The van der Waals surface area contributed by atoms with Crippen LogP contribution < -0.4 is 10.5 Å². The van der Waals surface area contributed by atoms with E-state index in [9.17, 15) is 0 Å². The van der Waals surface area contributed by atoms with Gasteiger partial charge in [0.15, 0.2) is 5.82 Å². The smallest absolute Gasteiger partial charge is 0.161 e. The molecule has 0 saturated carbocycles. The van der Waals surface area contributed by atoms with Crippen LogP contribution in [-0.4, -0.2) is 16.6 Å². The summed E-state index contributed by atoms with van der Waals surface area (Å²) in [7, 11) is 0. The molecule has 0 amide bonds. The molecule has 20 heavy (non-hydrogen) atoms. The molecule has 3 rings (SSSR count). The lowest BCUT2D eigenvalue weighted by molar-refractivity contribution is 0.357. The molecule has 2 heterocycles. The third kappa shape index (κ3) is 2.59. The summed E-state index contributed by atoms with van der Waals surface area (Å²) in [5.74, 6) is 2.75. The molecule has 0 spiro atoms. The standard InChI is InChI=1S/C16H19N3O/c1-10(2)7-13-9-15(17)19-16(18-13)12-3-4-14-11(8-12)5-6-20-14/h3-4,8-10H,5-7H2,1-2H3,(H2,17,18,19). The van der Waals surface area contributed by atoms with Gasteiger partial charge in [0, 0.05) is 23.7 Å². The Bertz CT molecular complexity index is 638. The van der Waals surface area contributed by atoms with Crippen LogP contribution in [0.5, 0.6) is 5.75 Å². The average Bonchev–Trinajstić information content (AvgIpc) is 2.84. The largest absolute Gasteiger partial charge is 0.493 e. The Kier molecular flexibility index (Phi) is 3.30. The van der Waals surface area contributed by atoms with E-state index in [0.717, 1.165) is 36.5 Å². The van der Waals surface area contributed by atoms with Crippen LogP contribution in [0, 0.1) is 5.92 Å². The minimum atomic E-state index is 0.530. The monoisotopic (exact) mass is 269 g/mol. The summed E-state index contributed by atoms with van der Waals surface area (Å²) in [4.78, 5) is 9.00. The zero-order valence-electron chi connectivity index (χ0n) is 11.9. The Labute approximate surface area is 119 Å². The van der Waals surface area contributed by atoms with Crippen molar-refractivity contribution in [1.82, 2.24) is 9.97 Å². The summed E-state index contributed by atoms with van der Waals surface area (Å²) in [6.45, 7) is 5.10. The summed E-state index contributed by atoms with van der Waals surface area (Å²) in [6, 6.07) is 7.96. The normalized spacial score (nSPS) is 13.3. The van der Waals surface area contributed by atoms with Gasteiger partial charge in [0.2, 0.25) is 0 Å². The summed E-state index contributed by atoms with van der Waals surface area (Å²) in [5, 5.41) is 0. The van der Waals surface area contributed by atoms with Crippen LogP contribution in [-0.2, 0) is 12.8 Å². The van der Waals surface area contributed by atoms with Gasteiger partial charge in [-0.2, -0.15) is 0 Å². The molecule has 0 fully saturated rings. The van der Waals surface area contributed by atoms with E-state index < -0.39 is 0 Å². The summed E-state index contributed by atoms with van der Waals surface area (Å²) >= 11 is 0. The Morgan fingerprint density at radius 1 is 1.25 bits per heavy atom. The van der Waals surface area contributed by atoms with Gasteiger partial charge >= 0.3 is 0 Å². The number of ether oxygens (including phenoxy) is 1. The van der Waals surface area contributed by atoms with Gasteiger partial charge in [0.25, 0.3) is 0 Å². The molecule has 0 atom stereocenters. The first kappa shape index (κ1) is 12.9. The minimum absolute atomic E-state index is 0.530. The van der Waals surface area contributed by atoms with Gasteiger partial charge < -0.3 is 10.5 Å². The molecule has 4 nitrogen and oxygen atoms in total. The molecular formula is C16H19N3O. The summed E-state index contributed by atoms with van der Waals surface area (Å²) in [6.07, 6.45) is 1.86. The van der Waals surface area contributed by atoms with E-state index in [1.807, 2.05) is 18.2 Å². The topological polar surface area (TPSA) is 61.0 Å². The van der Waals surface area contributed by atoms with Gasteiger partial charge in [0.1, 0.15) is 11.6 Å². The summed E-state index contributed by atoms with van der Waals surface area (Å²) < 4.78 is 5.52. The van der Waals surface area contributed by atoms with E-state index in [1.54, 1.807) is 0 Å². The SMILES string of the molecule is CC(C)Cc1cc(N)nc(-c2ccc3c(c2)CCO3)n1. The van der Waals surface area contributed by atoms with Gasteiger partial charge in [-0.1, -0.05) is 13.8 Å². The Hall–Kier alpha value is -2.10. The third-order valence-corrected chi connectivity index (χ3v) is 3.36. The Balaban J connectivity index is 1.99. The molecule has 1 aliphatic rings. The van der Waals surface area contributed by atoms with Crippen molar-refractivity contribution in [2.45, 2.75) is 26.7 Å². The van der Waals surface area contributed by atoms with Crippen molar-refractivity contribution in [3.8, 4) is 17.1 Å². The molecule has 104 valence electrons. The highest BCUT2D eigenvalue weighted by atomic mass is 16.5. The molecule has 0 radical (unpaired) electrons. The highest BCUT2D eigenvalue weighted by molar-refractivity contribution is 5.61. The molecule has 1 aromatic heterocycles. The highest BCUT2D eigenvalue weighted by Crippen LogP contribution is 2.29. The molecule has 0 unspecified atom stereocenters. The first-order valence-corrected chi connectivity index (χ1v) is 7.01. The van der Waals surface area contributed by atoms with Crippen molar-refractivity contribution in [3.05, 3.63) is 35.5 Å². The van der Waals surface area contributed by atoms with Gasteiger partial charge in [-0.25, -0.2) is 9.97 Å². The van der Waals surface area contributed by atoms with Crippen molar-refractivity contribution in [2.75, 3.05) is 12.3 Å². The second-order valence-corrected chi connectivity index (χ2v) is 5.63. The van der Waals surface area contributed by atoms with Crippen molar-refractivity contribution in [2.24, 2.45) is 5.92 Å². The number of hydrogen-bond donors (Lipinski definition) is 1. The predicted octanol–water partition coefficient (Wildman–Crippen LogP) is 2.86. The summed E-state index contributed by atoms with van der Waals surface area (Å²) in [5.41, 5.74) is 9.14.